The first kappa shape index (κ1) is 14.0. The van der Waals surface area contributed by atoms with E-state index < -0.39 is 11.7 Å². The predicted octanol–water partition coefficient (Wildman–Crippen LogP) is 3.67. The highest BCUT2D eigenvalue weighted by Crippen LogP contribution is 2.31. The van der Waals surface area contributed by atoms with Gasteiger partial charge in [-0.05, 0) is 24.5 Å². The molecular weight excluding hydrogens is 255 g/mol. The largest absolute Gasteiger partial charge is 0.416 e. The van der Waals surface area contributed by atoms with Gasteiger partial charge in [-0.15, -0.1) is 0 Å². The Balaban J connectivity index is 1.94. The summed E-state index contributed by atoms with van der Waals surface area (Å²) in [7, 11) is 0. The maximum atomic E-state index is 12.6. The third kappa shape index (κ3) is 4.01. The maximum absolute atomic E-state index is 12.6. The molecule has 0 amide bonds. The molecule has 0 aromatic carbocycles. The van der Waals surface area contributed by atoms with Crippen LogP contribution in [0.25, 0.3) is 0 Å². The van der Waals surface area contributed by atoms with E-state index in [9.17, 15) is 13.2 Å². The van der Waals surface area contributed by atoms with E-state index >= 15 is 0 Å². The number of pyridine rings is 1. The molecule has 1 aromatic rings. The van der Waals surface area contributed by atoms with Gasteiger partial charge in [-0.2, -0.15) is 13.2 Å². The molecule has 6 heteroatoms. The number of nitrogens with zero attached hydrogens (tertiary/aromatic N) is 1. The number of hydrogen-bond donors (Lipinski definition) is 2. The summed E-state index contributed by atoms with van der Waals surface area (Å²) in [5.41, 5.74) is 4.64. The molecule has 3 nitrogen and oxygen atoms in total. The van der Waals surface area contributed by atoms with Crippen LogP contribution in [0.15, 0.2) is 12.1 Å². The first-order valence-corrected chi connectivity index (χ1v) is 6.54. The fourth-order valence-electron chi connectivity index (χ4n) is 2.51. The Kier molecular flexibility index (Phi) is 4.17. The summed E-state index contributed by atoms with van der Waals surface area (Å²) in [6.07, 6.45) is 1.55. The van der Waals surface area contributed by atoms with Crippen molar-refractivity contribution in [3.05, 3.63) is 17.7 Å². The molecule has 1 aliphatic rings. The van der Waals surface area contributed by atoms with E-state index in [0.29, 0.717) is 12.5 Å². The minimum absolute atomic E-state index is 0.113. The Morgan fingerprint density at radius 2 is 1.95 bits per heavy atom. The molecule has 0 unspecified atom stereocenters. The van der Waals surface area contributed by atoms with Crippen molar-refractivity contribution in [1.29, 1.82) is 0 Å². The van der Waals surface area contributed by atoms with E-state index in [1.54, 1.807) is 0 Å². The van der Waals surface area contributed by atoms with Crippen LogP contribution in [0.3, 0.4) is 0 Å². The number of aromatic nitrogens is 1. The second-order valence-corrected chi connectivity index (χ2v) is 5.03. The highest BCUT2D eigenvalue weighted by Gasteiger charge is 2.31. The number of hydrogen-bond acceptors (Lipinski definition) is 3. The molecule has 1 aliphatic carbocycles. The number of nitrogens with two attached hydrogens (primary N) is 1. The van der Waals surface area contributed by atoms with Crippen LogP contribution in [-0.4, -0.2) is 11.5 Å². The molecule has 1 fully saturated rings. The standard InChI is InChI=1S/C13H18F3N3/c14-13(15,16)10-7-11(17)19-12(8-10)18-6-5-9-3-1-2-4-9/h7-9H,1-6H2,(H3,17,18,19). The average molecular weight is 273 g/mol. The molecule has 0 bridgehead atoms. The Bertz CT molecular complexity index is 426. The molecular formula is C13H18F3N3. The van der Waals surface area contributed by atoms with E-state index in [4.69, 9.17) is 5.73 Å². The summed E-state index contributed by atoms with van der Waals surface area (Å²) in [5, 5.41) is 2.93. The van der Waals surface area contributed by atoms with Gasteiger partial charge >= 0.3 is 6.18 Å². The van der Waals surface area contributed by atoms with Gasteiger partial charge in [-0.3, -0.25) is 0 Å². The van der Waals surface area contributed by atoms with Gasteiger partial charge in [0.1, 0.15) is 11.6 Å². The summed E-state index contributed by atoms with van der Waals surface area (Å²) in [5.74, 6) is 0.777. The zero-order chi connectivity index (χ0) is 13.9. The summed E-state index contributed by atoms with van der Waals surface area (Å²) < 4.78 is 37.8. The summed E-state index contributed by atoms with van der Waals surface area (Å²) >= 11 is 0. The van der Waals surface area contributed by atoms with Gasteiger partial charge in [0.05, 0.1) is 5.56 Å². The Labute approximate surface area is 110 Å². The summed E-state index contributed by atoms with van der Waals surface area (Å²) in [6, 6.07) is 1.85. The number of nitrogens with one attached hydrogen (secondary N) is 1. The minimum atomic E-state index is -4.39. The van der Waals surface area contributed by atoms with Gasteiger partial charge in [0.15, 0.2) is 0 Å². The van der Waals surface area contributed by atoms with Crippen LogP contribution < -0.4 is 11.1 Å². The van der Waals surface area contributed by atoms with Crippen LogP contribution in [0.4, 0.5) is 24.8 Å². The third-order valence-electron chi connectivity index (χ3n) is 3.51. The Morgan fingerprint density at radius 1 is 1.26 bits per heavy atom. The lowest BCUT2D eigenvalue weighted by molar-refractivity contribution is -0.137. The van der Waals surface area contributed by atoms with E-state index in [2.05, 4.69) is 10.3 Å². The van der Waals surface area contributed by atoms with Crippen molar-refractivity contribution >= 4 is 11.6 Å². The SMILES string of the molecule is Nc1cc(C(F)(F)F)cc(NCCC2CCCC2)n1. The molecule has 1 aromatic heterocycles. The lowest BCUT2D eigenvalue weighted by Crippen LogP contribution is -2.11. The summed E-state index contributed by atoms with van der Waals surface area (Å²) in [6.45, 7) is 0.637. The molecule has 3 N–H and O–H groups in total. The number of nitrogen functional groups attached to an aromatic ring is 1. The van der Waals surface area contributed by atoms with E-state index in [0.717, 1.165) is 18.6 Å². The van der Waals surface area contributed by atoms with Gasteiger partial charge in [-0.1, -0.05) is 25.7 Å². The van der Waals surface area contributed by atoms with Crippen LogP contribution in [-0.2, 0) is 6.18 Å². The highest BCUT2D eigenvalue weighted by molar-refractivity contribution is 5.47. The fraction of sp³-hybridized carbons (Fsp3) is 0.615. The second-order valence-electron chi connectivity index (χ2n) is 5.03. The highest BCUT2D eigenvalue weighted by atomic mass is 19.4. The molecule has 0 radical (unpaired) electrons. The smallest absolute Gasteiger partial charge is 0.384 e. The van der Waals surface area contributed by atoms with Gasteiger partial charge in [0.2, 0.25) is 0 Å². The third-order valence-corrected chi connectivity index (χ3v) is 3.51. The molecule has 2 rings (SSSR count). The topological polar surface area (TPSA) is 50.9 Å². The van der Waals surface area contributed by atoms with Crippen LogP contribution in [0.2, 0.25) is 0 Å². The lowest BCUT2D eigenvalue weighted by atomic mass is 10.0. The Morgan fingerprint density at radius 3 is 2.58 bits per heavy atom. The first-order chi connectivity index (χ1) is 8.95. The number of halogens is 3. The lowest BCUT2D eigenvalue weighted by Gasteiger charge is -2.13. The van der Waals surface area contributed by atoms with Crippen LogP contribution >= 0.6 is 0 Å². The molecule has 1 saturated carbocycles. The van der Waals surface area contributed by atoms with Crippen molar-refractivity contribution in [2.45, 2.75) is 38.3 Å². The predicted molar refractivity (Wildman–Crippen MR) is 68.7 cm³/mol. The number of rotatable bonds is 4. The van der Waals surface area contributed by atoms with Gasteiger partial charge < -0.3 is 11.1 Å². The van der Waals surface area contributed by atoms with Crippen LogP contribution in [0.1, 0.15) is 37.7 Å². The van der Waals surface area contributed by atoms with Crippen LogP contribution in [0, 0.1) is 5.92 Å². The van der Waals surface area contributed by atoms with Crippen molar-refractivity contribution in [1.82, 2.24) is 4.98 Å². The molecule has 0 saturated heterocycles. The molecule has 0 aliphatic heterocycles. The summed E-state index contributed by atoms with van der Waals surface area (Å²) in [4.78, 5) is 3.88. The van der Waals surface area contributed by atoms with E-state index in [1.807, 2.05) is 0 Å². The molecule has 0 atom stereocenters. The quantitative estimate of drug-likeness (QED) is 0.880. The molecule has 0 spiro atoms. The minimum Gasteiger partial charge on any atom is -0.384 e. The second kappa shape index (κ2) is 5.67. The van der Waals surface area contributed by atoms with E-state index in [-0.39, 0.29) is 11.6 Å². The van der Waals surface area contributed by atoms with Crippen LogP contribution in [0.5, 0.6) is 0 Å². The number of anilines is 2. The zero-order valence-corrected chi connectivity index (χ0v) is 10.6. The van der Waals surface area contributed by atoms with Crippen molar-refractivity contribution in [3.8, 4) is 0 Å². The fourth-order valence-corrected chi connectivity index (χ4v) is 2.51. The van der Waals surface area contributed by atoms with Gasteiger partial charge in [0, 0.05) is 6.54 Å². The first-order valence-electron chi connectivity index (χ1n) is 6.54. The van der Waals surface area contributed by atoms with Crippen molar-refractivity contribution in [3.63, 3.8) is 0 Å². The van der Waals surface area contributed by atoms with Gasteiger partial charge in [-0.25, -0.2) is 4.98 Å². The normalized spacial score (nSPS) is 16.8. The molecule has 106 valence electrons. The average Bonchev–Trinajstić information content (AvgIpc) is 2.80. The molecule has 1 heterocycles. The number of alkyl halides is 3. The maximum Gasteiger partial charge on any atom is 0.416 e. The van der Waals surface area contributed by atoms with E-state index in [1.165, 1.54) is 25.7 Å². The van der Waals surface area contributed by atoms with Crippen molar-refractivity contribution < 1.29 is 13.2 Å². The van der Waals surface area contributed by atoms with Crippen molar-refractivity contribution in [2.75, 3.05) is 17.6 Å². The monoisotopic (exact) mass is 273 g/mol. The zero-order valence-electron chi connectivity index (χ0n) is 10.6. The molecule has 19 heavy (non-hydrogen) atoms. The van der Waals surface area contributed by atoms with Gasteiger partial charge in [0.25, 0.3) is 0 Å². The van der Waals surface area contributed by atoms with Crippen molar-refractivity contribution in [2.24, 2.45) is 5.92 Å². The Hall–Kier alpha value is -1.46.